The molecule has 1 aliphatic rings. The third-order valence-corrected chi connectivity index (χ3v) is 5.36. The summed E-state index contributed by atoms with van der Waals surface area (Å²) in [6.45, 7) is 6.39. The summed E-state index contributed by atoms with van der Waals surface area (Å²) in [5, 5.41) is 12.8. The number of ether oxygens (including phenoxy) is 1. The maximum absolute atomic E-state index is 9.48. The number of nitrogens with zero attached hydrogens (tertiary/aromatic N) is 3. The van der Waals surface area contributed by atoms with Crippen LogP contribution < -0.4 is 14.6 Å². The van der Waals surface area contributed by atoms with Crippen LogP contribution in [0.3, 0.4) is 0 Å². The largest absolute Gasteiger partial charge is 0.486 e. The molecule has 1 aliphatic heterocycles. The van der Waals surface area contributed by atoms with Crippen LogP contribution in [0.2, 0.25) is 0 Å². The second kappa shape index (κ2) is 9.43. The molecule has 0 aliphatic carbocycles. The molecule has 0 saturated carbocycles. The van der Waals surface area contributed by atoms with Gasteiger partial charge in [0, 0.05) is 35.9 Å². The molecule has 31 heavy (non-hydrogen) atoms. The number of aromatic nitrogens is 2. The Morgan fingerprint density at radius 3 is 2.71 bits per heavy atom. The van der Waals surface area contributed by atoms with Crippen molar-refractivity contribution < 1.29 is 9.30 Å². The molecule has 5 nitrogen and oxygen atoms in total. The standard InChI is InChI=1S/C26H25N4O/c1-19-5-3-6-24(29-19)9-8-21-13-22(16-27)15-23(14-21)17-30-12-4-7-26(20(30)2)31-18-25-10-11-28-25/h3-7,12-15,25,28H,10-11,17-18H2,1-2H3/q+1. The SMILES string of the molecule is Cc1cccc(C#Cc2cc(C#N)cc(C[n+]3cccc(OCC4CCN4)c3C)c2)n1. The molecular weight excluding hydrogens is 384 g/mol. The van der Waals surface area contributed by atoms with Gasteiger partial charge in [-0.05, 0) is 62.2 Å². The summed E-state index contributed by atoms with van der Waals surface area (Å²) in [4.78, 5) is 4.42. The van der Waals surface area contributed by atoms with Crippen molar-refractivity contribution in [1.82, 2.24) is 10.3 Å². The molecular formula is C26H25N4O+. The summed E-state index contributed by atoms with van der Waals surface area (Å²) < 4.78 is 8.16. The zero-order valence-corrected chi connectivity index (χ0v) is 17.9. The smallest absolute Gasteiger partial charge is 0.220 e. The molecule has 4 rings (SSSR count). The van der Waals surface area contributed by atoms with Crippen LogP contribution in [0, 0.1) is 37.0 Å². The normalized spacial score (nSPS) is 14.7. The Bertz CT molecular complexity index is 1200. The zero-order valence-electron chi connectivity index (χ0n) is 17.9. The van der Waals surface area contributed by atoms with Crippen molar-refractivity contribution >= 4 is 0 Å². The summed E-state index contributed by atoms with van der Waals surface area (Å²) in [5.74, 6) is 7.14. The van der Waals surface area contributed by atoms with Gasteiger partial charge in [-0.1, -0.05) is 12.0 Å². The summed E-state index contributed by atoms with van der Waals surface area (Å²) in [6, 6.07) is 18.2. The van der Waals surface area contributed by atoms with Crippen LogP contribution in [0.15, 0.2) is 54.7 Å². The molecule has 154 valence electrons. The summed E-state index contributed by atoms with van der Waals surface area (Å²) in [6.07, 6.45) is 3.19. The lowest BCUT2D eigenvalue weighted by molar-refractivity contribution is -0.694. The van der Waals surface area contributed by atoms with Crippen molar-refractivity contribution in [3.05, 3.63) is 88.5 Å². The highest BCUT2D eigenvalue weighted by Crippen LogP contribution is 2.16. The van der Waals surface area contributed by atoms with E-state index in [9.17, 15) is 5.26 Å². The van der Waals surface area contributed by atoms with Crippen LogP contribution in [-0.2, 0) is 6.54 Å². The van der Waals surface area contributed by atoms with E-state index in [-0.39, 0.29) is 0 Å². The first kappa shape index (κ1) is 20.6. The third kappa shape index (κ3) is 5.28. The van der Waals surface area contributed by atoms with E-state index in [2.05, 4.69) is 39.7 Å². The highest BCUT2D eigenvalue weighted by Gasteiger charge is 2.19. The fourth-order valence-electron chi connectivity index (χ4n) is 3.48. The van der Waals surface area contributed by atoms with E-state index in [1.54, 1.807) is 0 Å². The van der Waals surface area contributed by atoms with Crippen molar-refractivity contribution in [1.29, 1.82) is 5.26 Å². The second-order valence-electron chi connectivity index (χ2n) is 7.78. The zero-order chi connectivity index (χ0) is 21.6. The van der Waals surface area contributed by atoms with Gasteiger partial charge >= 0.3 is 0 Å². The molecule has 1 unspecified atom stereocenters. The lowest BCUT2D eigenvalue weighted by atomic mass is 10.1. The first-order valence-electron chi connectivity index (χ1n) is 10.5. The minimum Gasteiger partial charge on any atom is -0.486 e. The van der Waals surface area contributed by atoms with Gasteiger partial charge in [-0.15, -0.1) is 0 Å². The van der Waals surface area contributed by atoms with Crippen molar-refractivity contribution in [3.8, 4) is 23.7 Å². The van der Waals surface area contributed by atoms with Gasteiger partial charge in [0.1, 0.15) is 12.3 Å². The maximum atomic E-state index is 9.48. The molecule has 0 spiro atoms. The maximum Gasteiger partial charge on any atom is 0.220 e. The van der Waals surface area contributed by atoms with E-state index in [1.807, 2.05) is 61.7 Å². The Morgan fingerprint density at radius 1 is 1.13 bits per heavy atom. The van der Waals surface area contributed by atoms with Crippen molar-refractivity contribution in [3.63, 3.8) is 0 Å². The van der Waals surface area contributed by atoms with Crippen LogP contribution in [-0.4, -0.2) is 24.2 Å². The molecule has 3 aromatic rings. The Labute approximate surface area is 183 Å². The molecule has 0 amide bonds. The lowest BCUT2D eigenvalue weighted by Gasteiger charge is -2.27. The number of hydrogen-bond acceptors (Lipinski definition) is 4. The second-order valence-corrected chi connectivity index (χ2v) is 7.78. The Kier molecular flexibility index (Phi) is 6.26. The van der Waals surface area contributed by atoms with Gasteiger partial charge in [0.25, 0.3) is 0 Å². The first-order valence-corrected chi connectivity index (χ1v) is 10.5. The van der Waals surface area contributed by atoms with Gasteiger partial charge in [0.2, 0.25) is 5.69 Å². The van der Waals surface area contributed by atoms with Gasteiger partial charge < -0.3 is 10.1 Å². The molecule has 0 radical (unpaired) electrons. The van der Waals surface area contributed by atoms with E-state index < -0.39 is 0 Å². The van der Waals surface area contributed by atoms with Crippen LogP contribution in [0.5, 0.6) is 5.75 Å². The number of rotatable bonds is 5. The molecule has 1 saturated heterocycles. The third-order valence-electron chi connectivity index (χ3n) is 5.36. The fraction of sp³-hybridized carbons (Fsp3) is 0.269. The van der Waals surface area contributed by atoms with Crippen LogP contribution >= 0.6 is 0 Å². The van der Waals surface area contributed by atoms with Crippen molar-refractivity contribution in [2.45, 2.75) is 32.9 Å². The highest BCUT2D eigenvalue weighted by atomic mass is 16.5. The molecule has 1 N–H and O–H groups in total. The average molecular weight is 410 g/mol. The van der Waals surface area contributed by atoms with Crippen molar-refractivity contribution in [2.75, 3.05) is 13.2 Å². The fourth-order valence-corrected chi connectivity index (χ4v) is 3.48. The predicted molar refractivity (Wildman–Crippen MR) is 118 cm³/mol. The van der Waals surface area contributed by atoms with E-state index >= 15 is 0 Å². The molecule has 1 fully saturated rings. The predicted octanol–water partition coefficient (Wildman–Crippen LogP) is 3.05. The van der Waals surface area contributed by atoms with E-state index in [4.69, 9.17) is 4.74 Å². The molecule has 5 heteroatoms. The van der Waals surface area contributed by atoms with E-state index in [0.29, 0.717) is 24.8 Å². The average Bonchev–Trinajstić information content (AvgIpc) is 2.73. The van der Waals surface area contributed by atoms with Crippen molar-refractivity contribution in [2.24, 2.45) is 0 Å². The minimum atomic E-state index is 0.449. The topological polar surface area (TPSA) is 61.8 Å². The Morgan fingerprint density at radius 2 is 1.97 bits per heavy atom. The molecule has 1 atom stereocenters. The van der Waals surface area contributed by atoms with Gasteiger partial charge in [0.05, 0.1) is 11.6 Å². The molecule has 0 bridgehead atoms. The summed E-state index contributed by atoms with van der Waals surface area (Å²) in [7, 11) is 0. The van der Waals surface area contributed by atoms with Crippen LogP contribution in [0.4, 0.5) is 0 Å². The Hall–Kier alpha value is -3.67. The lowest BCUT2D eigenvalue weighted by Crippen LogP contribution is -2.47. The molecule has 3 heterocycles. The number of aryl methyl sites for hydroxylation is 1. The minimum absolute atomic E-state index is 0.449. The Balaban J connectivity index is 1.56. The van der Waals surface area contributed by atoms with Gasteiger partial charge in [-0.3, -0.25) is 0 Å². The van der Waals surface area contributed by atoms with Gasteiger partial charge in [-0.2, -0.15) is 9.83 Å². The first-order chi connectivity index (χ1) is 15.1. The number of benzene rings is 1. The van der Waals surface area contributed by atoms with Gasteiger partial charge in [0.15, 0.2) is 18.5 Å². The van der Waals surface area contributed by atoms with Crippen LogP contribution in [0.1, 0.15) is 40.2 Å². The van der Waals surface area contributed by atoms with Crippen LogP contribution in [0.25, 0.3) is 0 Å². The number of nitrogens with one attached hydrogen (secondary N) is 1. The molecule has 2 aromatic heterocycles. The highest BCUT2D eigenvalue weighted by molar-refractivity contribution is 5.47. The number of nitriles is 1. The summed E-state index contributed by atoms with van der Waals surface area (Å²) >= 11 is 0. The van der Waals surface area contributed by atoms with E-state index in [0.717, 1.165) is 46.9 Å². The monoisotopic (exact) mass is 409 g/mol. The molecule has 1 aromatic carbocycles. The van der Waals surface area contributed by atoms with Gasteiger partial charge in [-0.25, -0.2) is 4.98 Å². The summed E-state index contributed by atoms with van der Waals surface area (Å²) in [5.41, 5.74) is 5.13. The number of pyridine rings is 2. The number of hydrogen-bond donors (Lipinski definition) is 1. The quantitative estimate of drug-likeness (QED) is 0.520. The van der Waals surface area contributed by atoms with E-state index in [1.165, 1.54) is 0 Å².